The van der Waals surface area contributed by atoms with Crippen LogP contribution >= 0.6 is 0 Å². The predicted octanol–water partition coefficient (Wildman–Crippen LogP) is 3.72. The number of fused-ring (bicyclic) bond motifs is 1. The number of nitrogen functional groups attached to an aromatic ring is 1. The van der Waals surface area contributed by atoms with Gasteiger partial charge in [0.05, 0.1) is 11.1 Å². The minimum absolute atomic E-state index is 0.0539. The van der Waals surface area contributed by atoms with Crippen LogP contribution in [0.4, 0.5) is 14.6 Å². The van der Waals surface area contributed by atoms with E-state index in [1.165, 1.54) is 6.20 Å². The summed E-state index contributed by atoms with van der Waals surface area (Å²) in [7, 11) is 0. The lowest BCUT2D eigenvalue weighted by molar-refractivity contribution is 0.513. The van der Waals surface area contributed by atoms with E-state index in [0.717, 1.165) is 18.2 Å². The molecule has 3 nitrogen and oxygen atoms in total. The summed E-state index contributed by atoms with van der Waals surface area (Å²) in [5, 5.41) is 0.519. The van der Waals surface area contributed by atoms with Crippen LogP contribution in [0.2, 0.25) is 0 Å². The average Bonchev–Trinajstić information content (AvgIpc) is 2.49. The summed E-state index contributed by atoms with van der Waals surface area (Å²) in [5.74, 6) is -1.71. The number of benzene rings is 1. The van der Waals surface area contributed by atoms with Gasteiger partial charge in [0, 0.05) is 22.8 Å². The van der Waals surface area contributed by atoms with Crippen LogP contribution in [0.15, 0.2) is 36.5 Å². The van der Waals surface area contributed by atoms with Crippen LogP contribution < -0.4 is 5.73 Å². The second-order valence-corrected chi connectivity index (χ2v) is 4.71. The second kappa shape index (κ2) is 5.09. The highest BCUT2D eigenvalue weighted by atomic mass is 19.2. The smallest absolute Gasteiger partial charge is 0.168 e. The van der Waals surface area contributed by atoms with Crippen LogP contribution in [0.3, 0.4) is 0 Å². The van der Waals surface area contributed by atoms with Gasteiger partial charge in [0.2, 0.25) is 0 Å². The molecule has 3 rings (SSSR count). The first-order valence-electron chi connectivity index (χ1n) is 6.60. The van der Waals surface area contributed by atoms with Gasteiger partial charge in [-0.25, -0.2) is 13.8 Å². The van der Waals surface area contributed by atoms with Crippen molar-refractivity contribution in [2.45, 2.75) is 13.3 Å². The standard InChI is InChI=1S/C16H13F2N3/c1-2-10-5-6-11(16(19)21-10)13-14(18)12(17)8-9-4-3-7-20-15(9)13/h3-8H,2H2,1H3,(H2,19,21). The average molecular weight is 285 g/mol. The summed E-state index contributed by atoms with van der Waals surface area (Å²) >= 11 is 0. The first-order valence-corrected chi connectivity index (χ1v) is 6.60. The molecule has 2 N–H and O–H groups in total. The van der Waals surface area contributed by atoms with Crippen molar-refractivity contribution in [1.29, 1.82) is 0 Å². The SMILES string of the molecule is CCc1ccc(-c2c(F)c(F)cc3cccnc23)c(N)n1. The minimum Gasteiger partial charge on any atom is -0.383 e. The van der Waals surface area contributed by atoms with Gasteiger partial charge < -0.3 is 5.73 Å². The fraction of sp³-hybridized carbons (Fsp3) is 0.125. The number of anilines is 1. The van der Waals surface area contributed by atoms with Crippen LogP contribution in [0.25, 0.3) is 22.0 Å². The van der Waals surface area contributed by atoms with Gasteiger partial charge in [-0.2, -0.15) is 0 Å². The van der Waals surface area contributed by atoms with Gasteiger partial charge in [-0.05, 0) is 30.7 Å². The van der Waals surface area contributed by atoms with Crippen molar-refractivity contribution >= 4 is 16.7 Å². The molecule has 0 radical (unpaired) electrons. The molecule has 1 aromatic carbocycles. The van der Waals surface area contributed by atoms with Crippen LogP contribution in [-0.2, 0) is 6.42 Å². The van der Waals surface area contributed by atoms with E-state index in [0.29, 0.717) is 16.5 Å². The van der Waals surface area contributed by atoms with Gasteiger partial charge in [0.15, 0.2) is 11.6 Å². The molecule has 0 aliphatic rings. The fourth-order valence-corrected chi connectivity index (χ4v) is 2.34. The molecule has 0 saturated carbocycles. The Kier molecular flexibility index (Phi) is 3.25. The molecule has 21 heavy (non-hydrogen) atoms. The highest BCUT2D eigenvalue weighted by molar-refractivity contribution is 5.96. The van der Waals surface area contributed by atoms with Crippen molar-refractivity contribution in [2.75, 3.05) is 5.73 Å². The largest absolute Gasteiger partial charge is 0.383 e. The molecule has 106 valence electrons. The van der Waals surface area contributed by atoms with E-state index in [1.54, 1.807) is 24.3 Å². The number of aromatic nitrogens is 2. The van der Waals surface area contributed by atoms with Gasteiger partial charge in [-0.1, -0.05) is 13.0 Å². The van der Waals surface area contributed by atoms with Gasteiger partial charge in [0.1, 0.15) is 5.82 Å². The van der Waals surface area contributed by atoms with Crippen molar-refractivity contribution in [3.63, 3.8) is 0 Å². The third kappa shape index (κ3) is 2.20. The molecular formula is C16H13F2N3. The van der Waals surface area contributed by atoms with E-state index in [4.69, 9.17) is 5.73 Å². The number of pyridine rings is 2. The molecule has 0 fully saturated rings. The molecule has 0 aliphatic heterocycles. The maximum atomic E-state index is 14.3. The lowest BCUT2D eigenvalue weighted by atomic mass is 10.0. The maximum Gasteiger partial charge on any atom is 0.168 e. The minimum atomic E-state index is -0.959. The molecule has 3 aromatic rings. The van der Waals surface area contributed by atoms with Crippen molar-refractivity contribution in [1.82, 2.24) is 9.97 Å². The first kappa shape index (κ1) is 13.4. The van der Waals surface area contributed by atoms with Crippen LogP contribution in [0.1, 0.15) is 12.6 Å². The lowest BCUT2D eigenvalue weighted by Crippen LogP contribution is -2.01. The van der Waals surface area contributed by atoms with Crippen molar-refractivity contribution in [3.05, 3.63) is 53.9 Å². The summed E-state index contributed by atoms with van der Waals surface area (Å²) in [6.07, 6.45) is 2.25. The molecule has 0 spiro atoms. The van der Waals surface area contributed by atoms with E-state index < -0.39 is 11.6 Å². The number of nitrogens with two attached hydrogens (primary N) is 1. The van der Waals surface area contributed by atoms with Gasteiger partial charge in [-0.3, -0.25) is 4.98 Å². The highest BCUT2D eigenvalue weighted by Crippen LogP contribution is 2.34. The van der Waals surface area contributed by atoms with Crippen LogP contribution in [0, 0.1) is 11.6 Å². The molecule has 0 unspecified atom stereocenters. The summed E-state index contributed by atoms with van der Waals surface area (Å²) in [6, 6.07) is 7.90. The molecule has 0 amide bonds. The van der Waals surface area contributed by atoms with Gasteiger partial charge >= 0.3 is 0 Å². The third-order valence-corrected chi connectivity index (χ3v) is 3.40. The second-order valence-electron chi connectivity index (χ2n) is 4.71. The van der Waals surface area contributed by atoms with E-state index in [2.05, 4.69) is 9.97 Å². The normalized spacial score (nSPS) is 11.0. The van der Waals surface area contributed by atoms with E-state index in [-0.39, 0.29) is 11.4 Å². The number of rotatable bonds is 2. The van der Waals surface area contributed by atoms with Crippen LogP contribution in [0.5, 0.6) is 0 Å². The first-order chi connectivity index (χ1) is 10.1. The summed E-state index contributed by atoms with van der Waals surface area (Å²) in [6.45, 7) is 1.95. The molecule has 0 bridgehead atoms. The van der Waals surface area contributed by atoms with Crippen molar-refractivity contribution < 1.29 is 8.78 Å². The van der Waals surface area contributed by atoms with Crippen LogP contribution in [-0.4, -0.2) is 9.97 Å². The van der Waals surface area contributed by atoms with Gasteiger partial charge in [0.25, 0.3) is 0 Å². The zero-order valence-corrected chi connectivity index (χ0v) is 11.4. The Morgan fingerprint density at radius 1 is 1.19 bits per heavy atom. The summed E-state index contributed by atoms with van der Waals surface area (Å²) in [4.78, 5) is 8.36. The Labute approximate surface area is 120 Å². The zero-order valence-electron chi connectivity index (χ0n) is 11.4. The molecule has 0 aliphatic carbocycles. The van der Waals surface area contributed by atoms with E-state index in [9.17, 15) is 8.78 Å². The Hall–Kier alpha value is -2.56. The monoisotopic (exact) mass is 285 g/mol. The van der Waals surface area contributed by atoms with E-state index in [1.807, 2.05) is 6.92 Å². The molecule has 0 atom stereocenters. The Bertz CT molecular complexity index is 831. The number of aryl methyl sites for hydroxylation is 1. The lowest BCUT2D eigenvalue weighted by Gasteiger charge is -2.11. The maximum absolute atomic E-state index is 14.3. The van der Waals surface area contributed by atoms with E-state index >= 15 is 0 Å². The molecule has 2 aromatic heterocycles. The summed E-state index contributed by atoms with van der Waals surface area (Å²) < 4.78 is 28.1. The topological polar surface area (TPSA) is 51.8 Å². The molecule has 2 heterocycles. The predicted molar refractivity (Wildman–Crippen MR) is 78.7 cm³/mol. The zero-order chi connectivity index (χ0) is 15.0. The van der Waals surface area contributed by atoms with Gasteiger partial charge in [-0.15, -0.1) is 0 Å². The quantitative estimate of drug-likeness (QED) is 0.780. The Morgan fingerprint density at radius 2 is 2.00 bits per heavy atom. The molecular weight excluding hydrogens is 272 g/mol. The Morgan fingerprint density at radius 3 is 2.71 bits per heavy atom. The van der Waals surface area contributed by atoms with Crippen molar-refractivity contribution in [2.24, 2.45) is 0 Å². The fourth-order valence-electron chi connectivity index (χ4n) is 2.34. The third-order valence-electron chi connectivity index (χ3n) is 3.40. The van der Waals surface area contributed by atoms with Crippen molar-refractivity contribution in [3.8, 4) is 11.1 Å². The Balaban J connectivity index is 2.36. The molecule has 5 heteroatoms. The number of halogens is 2. The number of nitrogens with zero attached hydrogens (tertiary/aromatic N) is 2. The number of hydrogen-bond acceptors (Lipinski definition) is 3. The number of hydrogen-bond donors (Lipinski definition) is 1. The molecule has 0 saturated heterocycles. The highest BCUT2D eigenvalue weighted by Gasteiger charge is 2.18. The summed E-state index contributed by atoms with van der Waals surface area (Å²) in [5.41, 5.74) is 7.49.